The Hall–Kier alpha value is -1.42. The molecule has 1 N–H and O–H groups in total. The van der Waals surface area contributed by atoms with Gasteiger partial charge in [0.1, 0.15) is 13.2 Å². The van der Waals surface area contributed by atoms with E-state index in [0.717, 1.165) is 0 Å². The molecule has 1 amide bonds. The van der Waals surface area contributed by atoms with Crippen molar-refractivity contribution in [2.45, 2.75) is 26.3 Å². The monoisotopic (exact) mass is 269 g/mol. The van der Waals surface area contributed by atoms with Gasteiger partial charge in [0.05, 0.1) is 5.02 Å². The molecule has 1 aliphatic heterocycles. The molecular weight excluding hydrogens is 254 g/mol. The van der Waals surface area contributed by atoms with Gasteiger partial charge in [-0.15, -0.1) is 0 Å². The largest absolute Gasteiger partial charge is 0.486 e. The Morgan fingerprint density at radius 3 is 2.61 bits per heavy atom. The fourth-order valence-corrected chi connectivity index (χ4v) is 1.92. The van der Waals surface area contributed by atoms with Crippen molar-refractivity contribution in [3.05, 3.63) is 22.7 Å². The minimum Gasteiger partial charge on any atom is -0.486 e. The summed E-state index contributed by atoms with van der Waals surface area (Å²) in [6.45, 7) is 6.70. The summed E-state index contributed by atoms with van der Waals surface area (Å²) >= 11 is 6.08. The van der Waals surface area contributed by atoms with E-state index >= 15 is 0 Å². The number of ether oxygens (including phenoxy) is 2. The van der Waals surface area contributed by atoms with Crippen molar-refractivity contribution in [1.29, 1.82) is 0 Å². The van der Waals surface area contributed by atoms with Gasteiger partial charge >= 0.3 is 0 Å². The van der Waals surface area contributed by atoms with E-state index in [1.54, 1.807) is 12.1 Å². The lowest BCUT2D eigenvalue weighted by Crippen LogP contribution is -2.40. The zero-order valence-electron chi connectivity index (χ0n) is 10.7. The van der Waals surface area contributed by atoms with Gasteiger partial charge in [0, 0.05) is 11.1 Å². The first-order valence-electron chi connectivity index (χ1n) is 5.78. The van der Waals surface area contributed by atoms with E-state index in [9.17, 15) is 4.79 Å². The SMILES string of the molecule is CC(C)(C)NC(=O)c1cc(Cl)c2c(c1)OCCO2. The van der Waals surface area contributed by atoms with Gasteiger partial charge < -0.3 is 14.8 Å². The van der Waals surface area contributed by atoms with Crippen LogP contribution in [0.15, 0.2) is 12.1 Å². The number of rotatable bonds is 1. The van der Waals surface area contributed by atoms with E-state index in [0.29, 0.717) is 35.3 Å². The van der Waals surface area contributed by atoms with Crippen molar-refractivity contribution in [3.8, 4) is 11.5 Å². The number of carbonyl (C=O) groups excluding carboxylic acids is 1. The van der Waals surface area contributed by atoms with Gasteiger partial charge in [-0.25, -0.2) is 0 Å². The molecule has 4 nitrogen and oxygen atoms in total. The van der Waals surface area contributed by atoms with Crippen molar-refractivity contribution < 1.29 is 14.3 Å². The van der Waals surface area contributed by atoms with Crippen LogP contribution in [0, 0.1) is 0 Å². The quantitative estimate of drug-likeness (QED) is 0.853. The zero-order chi connectivity index (χ0) is 13.3. The molecule has 18 heavy (non-hydrogen) atoms. The molecule has 1 heterocycles. The molecule has 98 valence electrons. The lowest BCUT2D eigenvalue weighted by atomic mass is 10.1. The maximum atomic E-state index is 12.0. The predicted molar refractivity (Wildman–Crippen MR) is 69.7 cm³/mol. The number of benzene rings is 1. The lowest BCUT2D eigenvalue weighted by molar-refractivity contribution is 0.0918. The molecule has 5 heteroatoms. The topological polar surface area (TPSA) is 47.6 Å². The van der Waals surface area contributed by atoms with Crippen LogP contribution >= 0.6 is 11.6 Å². The molecule has 1 aromatic carbocycles. The Balaban J connectivity index is 2.30. The summed E-state index contributed by atoms with van der Waals surface area (Å²) in [5.74, 6) is 0.851. The number of halogens is 1. The molecule has 0 spiro atoms. The minimum absolute atomic E-state index is 0.179. The van der Waals surface area contributed by atoms with Crippen LogP contribution in [0.4, 0.5) is 0 Å². The van der Waals surface area contributed by atoms with Crippen LogP contribution in [0.5, 0.6) is 11.5 Å². The molecule has 1 aromatic rings. The Morgan fingerprint density at radius 2 is 1.94 bits per heavy atom. The van der Waals surface area contributed by atoms with Gasteiger partial charge in [0.25, 0.3) is 5.91 Å². The smallest absolute Gasteiger partial charge is 0.251 e. The second-order valence-corrected chi connectivity index (χ2v) is 5.59. The number of hydrogen-bond acceptors (Lipinski definition) is 3. The fraction of sp³-hybridized carbons (Fsp3) is 0.462. The standard InChI is InChI=1S/C13H16ClNO3/c1-13(2,3)15-12(16)8-6-9(14)11-10(7-8)17-4-5-18-11/h6-7H,4-5H2,1-3H3,(H,15,16). The third-order valence-electron chi connectivity index (χ3n) is 2.35. The van der Waals surface area contributed by atoms with Crippen LogP contribution in [0.3, 0.4) is 0 Å². The van der Waals surface area contributed by atoms with E-state index < -0.39 is 0 Å². The Morgan fingerprint density at radius 1 is 1.28 bits per heavy atom. The average molecular weight is 270 g/mol. The molecule has 2 rings (SSSR count). The van der Waals surface area contributed by atoms with Crippen LogP contribution in [0.25, 0.3) is 0 Å². The molecule has 0 atom stereocenters. The average Bonchev–Trinajstić information content (AvgIpc) is 2.26. The van der Waals surface area contributed by atoms with Gasteiger partial charge in [-0.3, -0.25) is 4.79 Å². The highest BCUT2D eigenvalue weighted by molar-refractivity contribution is 6.32. The van der Waals surface area contributed by atoms with E-state index in [-0.39, 0.29) is 11.4 Å². The predicted octanol–water partition coefficient (Wildman–Crippen LogP) is 2.64. The van der Waals surface area contributed by atoms with Crippen molar-refractivity contribution >= 4 is 17.5 Å². The van der Waals surface area contributed by atoms with E-state index in [1.807, 2.05) is 20.8 Å². The molecule has 0 saturated carbocycles. The number of nitrogens with one attached hydrogen (secondary N) is 1. The third-order valence-corrected chi connectivity index (χ3v) is 2.63. The number of amides is 1. The number of carbonyl (C=O) groups is 1. The lowest BCUT2D eigenvalue weighted by Gasteiger charge is -2.23. The number of fused-ring (bicyclic) bond motifs is 1. The minimum atomic E-state index is -0.295. The Kier molecular flexibility index (Phi) is 3.39. The summed E-state index contributed by atoms with van der Waals surface area (Å²) in [5, 5.41) is 3.27. The van der Waals surface area contributed by atoms with E-state index in [1.165, 1.54) is 0 Å². The molecule has 1 aliphatic rings. The van der Waals surface area contributed by atoms with Crippen molar-refractivity contribution in [2.24, 2.45) is 0 Å². The molecule has 0 fully saturated rings. The highest BCUT2D eigenvalue weighted by Gasteiger charge is 2.21. The first-order valence-corrected chi connectivity index (χ1v) is 6.16. The summed E-state index contributed by atoms with van der Waals surface area (Å²) < 4.78 is 10.8. The van der Waals surface area contributed by atoms with Gasteiger partial charge in [0.2, 0.25) is 0 Å². The summed E-state index contributed by atoms with van der Waals surface area (Å²) in [4.78, 5) is 12.0. The van der Waals surface area contributed by atoms with Gasteiger partial charge in [0.15, 0.2) is 11.5 Å². The summed E-state index contributed by atoms with van der Waals surface area (Å²) in [5.41, 5.74) is 0.177. The second-order valence-electron chi connectivity index (χ2n) is 5.19. The fourth-order valence-electron chi connectivity index (χ4n) is 1.65. The third kappa shape index (κ3) is 2.88. The normalized spacial score (nSPS) is 14.2. The van der Waals surface area contributed by atoms with Gasteiger partial charge in [-0.1, -0.05) is 11.6 Å². The van der Waals surface area contributed by atoms with Crippen LogP contribution in [-0.2, 0) is 0 Å². The summed E-state index contributed by atoms with van der Waals surface area (Å²) in [6.07, 6.45) is 0. The highest BCUT2D eigenvalue weighted by Crippen LogP contribution is 2.38. The van der Waals surface area contributed by atoms with Crippen molar-refractivity contribution in [3.63, 3.8) is 0 Å². The molecule has 0 aliphatic carbocycles. The molecule has 0 saturated heterocycles. The molecule has 0 unspecified atom stereocenters. The first-order chi connectivity index (χ1) is 8.37. The van der Waals surface area contributed by atoms with Crippen LogP contribution < -0.4 is 14.8 Å². The van der Waals surface area contributed by atoms with Crippen LogP contribution in [0.1, 0.15) is 31.1 Å². The highest BCUT2D eigenvalue weighted by atomic mass is 35.5. The van der Waals surface area contributed by atoms with Crippen molar-refractivity contribution in [1.82, 2.24) is 5.32 Å². The second kappa shape index (κ2) is 4.69. The van der Waals surface area contributed by atoms with Crippen LogP contribution in [-0.4, -0.2) is 24.7 Å². The summed E-state index contributed by atoms with van der Waals surface area (Å²) in [6, 6.07) is 3.25. The van der Waals surface area contributed by atoms with Gasteiger partial charge in [-0.2, -0.15) is 0 Å². The number of hydrogen-bond donors (Lipinski definition) is 1. The van der Waals surface area contributed by atoms with Crippen molar-refractivity contribution in [2.75, 3.05) is 13.2 Å². The van der Waals surface area contributed by atoms with Gasteiger partial charge in [-0.05, 0) is 32.9 Å². The van der Waals surface area contributed by atoms with E-state index in [2.05, 4.69) is 5.32 Å². The first kappa shape index (κ1) is 13.0. The maximum Gasteiger partial charge on any atom is 0.251 e. The summed E-state index contributed by atoms with van der Waals surface area (Å²) in [7, 11) is 0. The zero-order valence-corrected chi connectivity index (χ0v) is 11.4. The van der Waals surface area contributed by atoms with E-state index in [4.69, 9.17) is 21.1 Å². The molecule has 0 radical (unpaired) electrons. The molecule has 0 bridgehead atoms. The Labute approximate surface area is 111 Å². The molecule has 0 aromatic heterocycles. The Bertz CT molecular complexity index is 480. The maximum absolute atomic E-state index is 12.0. The molecular formula is C13H16ClNO3. The van der Waals surface area contributed by atoms with Crippen LogP contribution in [0.2, 0.25) is 5.02 Å².